The molecule has 1 aliphatic rings. The van der Waals surface area contributed by atoms with E-state index in [1.165, 1.54) is 6.08 Å². The highest BCUT2D eigenvalue weighted by Gasteiger charge is 1.95. The van der Waals surface area contributed by atoms with Gasteiger partial charge in [0.2, 0.25) is 0 Å². The van der Waals surface area contributed by atoms with Gasteiger partial charge >= 0.3 is 5.97 Å². The number of carboxylic acids is 1. The van der Waals surface area contributed by atoms with E-state index in [-0.39, 0.29) is 0 Å². The van der Waals surface area contributed by atoms with Crippen LogP contribution in [0.3, 0.4) is 0 Å². The standard InChI is InChI=1S/C6H10O2.C4H8O2/c1-2-3-4-5-6(7)8;1-2-4-6-5-3-1/h4-5H,2-3H2,1H3,(H,7,8);1-4H2. The molecule has 0 atom stereocenters. The van der Waals surface area contributed by atoms with Crippen molar-refractivity contribution in [2.45, 2.75) is 32.6 Å². The van der Waals surface area contributed by atoms with Gasteiger partial charge in [-0.15, -0.1) is 0 Å². The molecule has 1 rings (SSSR count). The van der Waals surface area contributed by atoms with Crippen LogP contribution in [0.15, 0.2) is 12.2 Å². The topological polar surface area (TPSA) is 55.8 Å². The Morgan fingerprint density at radius 1 is 1.36 bits per heavy atom. The van der Waals surface area contributed by atoms with Gasteiger partial charge in [0, 0.05) is 6.08 Å². The summed E-state index contributed by atoms with van der Waals surface area (Å²) >= 11 is 0. The third kappa shape index (κ3) is 11.1. The molecule has 1 aliphatic heterocycles. The summed E-state index contributed by atoms with van der Waals surface area (Å²) in [7, 11) is 0. The van der Waals surface area contributed by atoms with Gasteiger partial charge < -0.3 is 5.11 Å². The predicted molar refractivity (Wildman–Crippen MR) is 52.8 cm³/mol. The van der Waals surface area contributed by atoms with Gasteiger partial charge in [0.15, 0.2) is 0 Å². The zero-order valence-electron chi connectivity index (χ0n) is 8.57. The first-order valence-electron chi connectivity index (χ1n) is 4.91. The predicted octanol–water partition coefficient (Wildman–Crippen LogP) is 2.16. The number of unbranched alkanes of at least 4 members (excludes halogenated alkanes) is 1. The Hall–Kier alpha value is -0.870. The van der Waals surface area contributed by atoms with E-state index in [9.17, 15) is 4.79 Å². The molecular formula is C10H18O4. The number of carbonyl (C=O) groups is 1. The quantitative estimate of drug-likeness (QED) is 0.562. The maximum atomic E-state index is 9.79. The number of rotatable bonds is 3. The minimum atomic E-state index is -0.863. The lowest BCUT2D eigenvalue weighted by atomic mass is 10.3. The highest BCUT2D eigenvalue weighted by molar-refractivity contribution is 5.79. The first-order valence-corrected chi connectivity index (χ1v) is 4.91. The summed E-state index contributed by atoms with van der Waals surface area (Å²) in [5.41, 5.74) is 0. The number of hydrogen-bond donors (Lipinski definition) is 1. The fourth-order valence-electron chi connectivity index (χ4n) is 0.791. The van der Waals surface area contributed by atoms with Gasteiger partial charge in [-0.05, 0) is 19.3 Å². The smallest absolute Gasteiger partial charge is 0.327 e. The van der Waals surface area contributed by atoms with E-state index in [1.54, 1.807) is 6.08 Å². The van der Waals surface area contributed by atoms with Crippen molar-refractivity contribution in [3.63, 3.8) is 0 Å². The second-order valence-electron chi connectivity index (χ2n) is 2.88. The summed E-state index contributed by atoms with van der Waals surface area (Å²) < 4.78 is 0. The Labute approximate surface area is 84.4 Å². The Bertz CT molecular complexity index is 150. The summed E-state index contributed by atoms with van der Waals surface area (Å²) in [6.45, 7) is 3.56. The summed E-state index contributed by atoms with van der Waals surface area (Å²) in [5.74, 6) is -0.863. The van der Waals surface area contributed by atoms with Gasteiger partial charge in [-0.2, -0.15) is 0 Å². The van der Waals surface area contributed by atoms with Gasteiger partial charge in [-0.1, -0.05) is 19.4 Å². The van der Waals surface area contributed by atoms with Crippen molar-refractivity contribution in [1.29, 1.82) is 0 Å². The second-order valence-corrected chi connectivity index (χ2v) is 2.88. The molecule has 0 aromatic carbocycles. The maximum Gasteiger partial charge on any atom is 0.327 e. The molecule has 1 fully saturated rings. The van der Waals surface area contributed by atoms with E-state index in [2.05, 4.69) is 9.78 Å². The van der Waals surface area contributed by atoms with Crippen LogP contribution in [0, 0.1) is 0 Å². The number of carboxylic acid groups (broad SMARTS) is 1. The van der Waals surface area contributed by atoms with Crippen molar-refractivity contribution in [1.82, 2.24) is 0 Å². The number of hydrogen-bond acceptors (Lipinski definition) is 3. The molecule has 1 saturated heterocycles. The van der Waals surface area contributed by atoms with Crippen LogP contribution in [0.25, 0.3) is 0 Å². The first kappa shape index (κ1) is 13.1. The van der Waals surface area contributed by atoms with Gasteiger partial charge in [0.1, 0.15) is 0 Å². The third-order valence-corrected chi connectivity index (χ3v) is 1.50. The maximum absolute atomic E-state index is 9.79. The van der Waals surface area contributed by atoms with Crippen LogP contribution in [0.2, 0.25) is 0 Å². The Morgan fingerprint density at radius 2 is 1.93 bits per heavy atom. The second kappa shape index (κ2) is 10.2. The van der Waals surface area contributed by atoms with Crippen LogP contribution in [0.5, 0.6) is 0 Å². The average molecular weight is 202 g/mol. The fraction of sp³-hybridized carbons (Fsp3) is 0.700. The van der Waals surface area contributed by atoms with Gasteiger partial charge in [0.25, 0.3) is 0 Å². The molecule has 4 heteroatoms. The molecule has 0 radical (unpaired) electrons. The molecule has 0 unspecified atom stereocenters. The fourth-order valence-corrected chi connectivity index (χ4v) is 0.791. The minimum absolute atomic E-state index is 0.778. The SMILES string of the molecule is C1CCOOC1.CCCC=CC(=O)O. The van der Waals surface area contributed by atoms with E-state index < -0.39 is 5.97 Å². The molecule has 0 amide bonds. The molecule has 82 valence electrons. The molecular weight excluding hydrogens is 184 g/mol. The van der Waals surface area contributed by atoms with Crippen LogP contribution in [-0.4, -0.2) is 24.3 Å². The first-order chi connectivity index (χ1) is 6.77. The molecule has 0 bridgehead atoms. The zero-order valence-corrected chi connectivity index (χ0v) is 8.57. The van der Waals surface area contributed by atoms with Crippen LogP contribution in [0.4, 0.5) is 0 Å². The van der Waals surface area contributed by atoms with E-state index >= 15 is 0 Å². The minimum Gasteiger partial charge on any atom is -0.478 e. The summed E-state index contributed by atoms with van der Waals surface area (Å²) in [6.07, 6.45) is 6.99. The van der Waals surface area contributed by atoms with E-state index in [0.717, 1.165) is 38.9 Å². The summed E-state index contributed by atoms with van der Waals surface area (Å²) in [5, 5.41) is 8.05. The van der Waals surface area contributed by atoms with Crippen molar-refractivity contribution in [3.8, 4) is 0 Å². The van der Waals surface area contributed by atoms with Gasteiger partial charge in [-0.3, -0.25) is 0 Å². The van der Waals surface area contributed by atoms with Crippen LogP contribution >= 0.6 is 0 Å². The van der Waals surface area contributed by atoms with Gasteiger partial charge in [0.05, 0.1) is 13.2 Å². The van der Waals surface area contributed by atoms with Crippen molar-refractivity contribution in [3.05, 3.63) is 12.2 Å². The highest BCUT2D eigenvalue weighted by Crippen LogP contribution is 1.97. The Kier molecular flexibility index (Phi) is 9.58. The average Bonchev–Trinajstić information content (AvgIpc) is 2.21. The molecule has 0 aliphatic carbocycles. The largest absolute Gasteiger partial charge is 0.478 e. The lowest BCUT2D eigenvalue weighted by Crippen LogP contribution is -2.05. The van der Waals surface area contributed by atoms with Crippen molar-refractivity contribution >= 4 is 5.97 Å². The number of allylic oxidation sites excluding steroid dienone is 1. The van der Waals surface area contributed by atoms with Crippen molar-refractivity contribution < 1.29 is 19.7 Å². The normalized spacial score (nSPS) is 16.1. The van der Waals surface area contributed by atoms with Crippen molar-refractivity contribution in [2.75, 3.05) is 13.2 Å². The molecule has 14 heavy (non-hydrogen) atoms. The van der Waals surface area contributed by atoms with Crippen LogP contribution in [0.1, 0.15) is 32.6 Å². The Balaban J connectivity index is 0.000000249. The lowest BCUT2D eigenvalue weighted by molar-refractivity contribution is -0.312. The van der Waals surface area contributed by atoms with E-state index in [1.807, 2.05) is 6.92 Å². The van der Waals surface area contributed by atoms with E-state index in [4.69, 9.17) is 5.11 Å². The molecule has 4 nitrogen and oxygen atoms in total. The molecule has 0 aromatic heterocycles. The highest BCUT2D eigenvalue weighted by atomic mass is 17.2. The zero-order chi connectivity index (χ0) is 10.6. The Morgan fingerprint density at radius 3 is 2.21 bits per heavy atom. The van der Waals surface area contributed by atoms with Crippen LogP contribution in [-0.2, 0) is 14.6 Å². The molecule has 0 spiro atoms. The molecule has 1 N–H and O–H groups in total. The lowest BCUT2D eigenvalue weighted by Gasteiger charge is -2.07. The van der Waals surface area contributed by atoms with Gasteiger partial charge in [-0.25, -0.2) is 14.6 Å². The summed E-state index contributed by atoms with van der Waals surface area (Å²) in [4.78, 5) is 18.9. The number of aliphatic carboxylic acids is 1. The van der Waals surface area contributed by atoms with Crippen LogP contribution < -0.4 is 0 Å². The monoisotopic (exact) mass is 202 g/mol. The van der Waals surface area contributed by atoms with Crippen molar-refractivity contribution in [2.24, 2.45) is 0 Å². The summed E-state index contributed by atoms with van der Waals surface area (Å²) in [6, 6.07) is 0. The molecule has 1 heterocycles. The van der Waals surface area contributed by atoms with E-state index in [0.29, 0.717) is 0 Å². The molecule has 0 aromatic rings. The molecule has 0 saturated carbocycles. The third-order valence-electron chi connectivity index (χ3n) is 1.50.